The van der Waals surface area contributed by atoms with Gasteiger partial charge in [-0.15, -0.1) is 10.2 Å². The maximum absolute atomic E-state index is 13.6. The van der Waals surface area contributed by atoms with Crippen molar-refractivity contribution in [3.63, 3.8) is 0 Å². The second-order valence-electron chi connectivity index (χ2n) is 11.4. The lowest BCUT2D eigenvalue weighted by Gasteiger charge is -2.40. The number of nitrogens with zero attached hydrogens (tertiary/aromatic N) is 6. The summed E-state index contributed by atoms with van der Waals surface area (Å²) in [6.07, 6.45) is 3.14. The molecule has 224 valence electrons. The van der Waals surface area contributed by atoms with Gasteiger partial charge in [0.25, 0.3) is 0 Å². The summed E-state index contributed by atoms with van der Waals surface area (Å²) < 4.78 is 40.9. The number of rotatable bonds is 7. The lowest BCUT2D eigenvalue weighted by Crippen LogP contribution is -2.47. The molecule has 0 aliphatic carbocycles. The molecule has 43 heavy (non-hydrogen) atoms. The van der Waals surface area contributed by atoms with E-state index in [1.165, 1.54) is 38.4 Å². The van der Waals surface area contributed by atoms with Crippen LogP contribution in [0.5, 0.6) is 0 Å². The van der Waals surface area contributed by atoms with E-state index >= 15 is 0 Å². The van der Waals surface area contributed by atoms with Crippen LogP contribution < -0.4 is 10.2 Å². The average molecular weight is 588 g/mol. The summed E-state index contributed by atoms with van der Waals surface area (Å²) in [5, 5.41) is 12.4. The molecule has 0 spiro atoms. The van der Waals surface area contributed by atoms with Gasteiger partial charge in [-0.1, -0.05) is 48.9 Å². The van der Waals surface area contributed by atoms with Gasteiger partial charge in [0.2, 0.25) is 5.95 Å². The van der Waals surface area contributed by atoms with Gasteiger partial charge >= 0.3 is 6.18 Å². The third-order valence-electron chi connectivity index (χ3n) is 8.52. The minimum absolute atomic E-state index is 0.0493. The van der Waals surface area contributed by atoms with Crippen molar-refractivity contribution in [2.24, 2.45) is 0 Å². The Bertz CT molecular complexity index is 1510. The van der Waals surface area contributed by atoms with Gasteiger partial charge in [-0.3, -0.25) is 0 Å². The summed E-state index contributed by atoms with van der Waals surface area (Å²) in [5.74, 6) is 1.12. The highest BCUT2D eigenvalue weighted by Gasteiger charge is 2.31. The van der Waals surface area contributed by atoms with Crippen LogP contribution in [0.2, 0.25) is 0 Å². The monoisotopic (exact) mass is 587 g/mol. The quantitative estimate of drug-likeness (QED) is 0.244. The van der Waals surface area contributed by atoms with Crippen LogP contribution >= 0.6 is 0 Å². The van der Waals surface area contributed by atoms with Crippen LogP contribution in [0.25, 0.3) is 22.5 Å². The molecule has 0 amide bonds. The van der Waals surface area contributed by atoms with Gasteiger partial charge in [0.15, 0.2) is 5.82 Å². The molecule has 0 bridgehead atoms. The van der Waals surface area contributed by atoms with Crippen LogP contribution in [0.4, 0.5) is 24.9 Å². The van der Waals surface area contributed by atoms with Crippen molar-refractivity contribution < 1.29 is 13.2 Å². The largest absolute Gasteiger partial charge is 0.416 e. The molecule has 2 aromatic heterocycles. The molecule has 1 atom stereocenters. The van der Waals surface area contributed by atoms with Crippen LogP contribution in [-0.2, 0) is 6.18 Å². The second-order valence-corrected chi connectivity index (χ2v) is 11.4. The Morgan fingerprint density at radius 2 is 1.63 bits per heavy atom. The number of alkyl halides is 3. The molecule has 2 saturated heterocycles. The van der Waals surface area contributed by atoms with Gasteiger partial charge in [0.1, 0.15) is 5.69 Å². The topological polar surface area (TPSA) is 70.1 Å². The number of hydrogen-bond acceptors (Lipinski definition) is 7. The van der Waals surface area contributed by atoms with E-state index in [9.17, 15) is 13.2 Å². The third kappa shape index (κ3) is 6.80. The van der Waals surface area contributed by atoms with Crippen LogP contribution in [-0.4, -0.2) is 57.3 Å². The number of hydrogen-bond donors (Lipinski definition) is 1. The first-order valence-electron chi connectivity index (χ1n) is 15.0. The first-order chi connectivity index (χ1) is 20.8. The molecule has 10 heteroatoms. The zero-order chi connectivity index (χ0) is 29.8. The normalized spacial score (nSPS) is 17.5. The molecule has 6 rings (SSSR count). The summed E-state index contributed by atoms with van der Waals surface area (Å²) in [4.78, 5) is 14.1. The SMILES string of the molecule is C[C@H](Nc1nccc(-c2cc(N3CCC(N4CCCCC4)CC3)nnc2-c2cccc(C(F)(F)F)c2)n1)c1ccccc1. The Balaban J connectivity index is 1.32. The van der Waals surface area contributed by atoms with E-state index in [4.69, 9.17) is 4.98 Å². The van der Waals surface area contributed by atoms with Crippen molar-refractivity contribution in [2.75, 3.05) is 36.4 Å². The van der Waals surface area contributed by atoms with Crippen LogP contribution in [0.3, 0.4) is 0 Å². The number of halogens is 3. The van der Waals surface area contributed by atoms with E-state index in [2.05, 4.69) is 30.3 Å². The van der Waals surface area contributed by atoms with Crippen molar-refractivity contribution in [1.82, 2.24) is 25.1 Å². The number of benzene rings is 2. The highest BCUT2D eigenvalue weighted by atomic mass is 19.4. The minimum Gasteiger partial charge on any atom is -0.355 e. The first kappa shape index (κ1) is 29.0. The lowest BCUT2D eigenvalue weighted by atomic mass is 9.99. The maximum atomic E-state index is 13.6. The molecule has 2 aliphatic heterocycles. The number of piperidine rings is 2. The number of likely N-dealkylation sites (tertiary alicyclic amines) is 1. The molecular formula is C33H36F3N7. The predicted octanol–water partition coefficient (Wildman–Crippen LogP) is 7.25. The molecule has 2 aliphatic rings. The van der Waals surface area contributed by atoms with E-state index in [0.29, 0.717) is 40.3 Å². The molecule has 2 fully saturated rings. The summed E-state index contributed by atoms with van der Waals surface area (Å²) in [6.45, 7) is 6.08. The lowest BCUT2D eigenvalue weighted by molar-refractivity contribution is -0.137. The minimum atomic E-state index is -4.47. The van der Waals surface area contributed by atoms with E-state index in [1.54, 1.807) is 18.3 Å². The second kappa shape index (κ2) is 12.7. The van der Waals surface area contributed by atoms with Gasteiger partial charge in [0, 0.05) is 36.5 Å². The summed E-state index contributed by atoms with van der Waals surface area (Å²) >= 11 is 0. The molecule has 4 heterocycles. The fourth-order valence-electron chi connectivity index (χ4n) is 6.13. The standard InChI is InChI=1S/C33H36F3N7/c1-23(24-9-4-2-5-10-24)38-32-37-16-13-29(39-32)28-22-30(43-19-14-27(15-20-43)42-17-6-3-7-18-42)40-41-31(28)25-11-8-12-26(21-25)33(34,35)36/h2,4-5,8-13,16,21-23,27H,3,6-7,14-15,17-20H2,1H3,(H,37,38,39)/t23-/m0/s1. The molecule has 0 radical (unpaired) electrons. The van der Waals surface area contributed by atoms with Crippen molar-refractivity contribution in [1.29, 1.82) is 0 Å². The predicted molar refractivity (Wildman–Crippen MR) is 163 cm³/mol. The number of anilines is 2. The van der Waals surface area contributed by atoms with Crippen LogP contribution in [0.1, 0.15) is 56.2 Å². The highest BCUT2D eigenvalue weighted by molar-refractivity contribution is 5.81. The zero-order valence-corrected chi connectivity index (χ0v) is 24.3. The molecule has 2 aromatic carbocycles. The van der Waals surface area contributed by atoms with E-state index in [0.717, 1.165) is 43.6 Å². The zero-order valence-electron chi connectivity index (χ0n) is 24.3. The Morgan fingerprint density at radius 3 is 2.37 bits per heavy atom. The van der Waals surface area contributed by atoms with E-state index in [-0.39, 0.29) is 6.04 Å². The smallest absolute Gasteiger partial charge is 0.355 e. The molecule has 0 saturated carbocycles. The van der Waals surface area contributed by atoms with Crippen molar-refractivity contribution in [3.05, 3.63) is 84.1 Å². The van der Waals surface area contributed by atoms with Gasteiger partial charge in [-0.2, -0.15) is 13.2 Å². The molecule has 7 nitrogen and oxygen atoms in total. The highest BCUT2D eigenvalue weighted by Crippen LogP contribution is 2.36. The summed E-state index contributed by atoms with van der Waals surface area (Å²) in [6, 6.07) is 19.4. The fraction of sp³-hybridized carbons (Fsp3) is 0.394. The summed E-state index contributed by atoms with van der Waals surface area (Å²) in [5.41, 5.74) is 2.20. The van der Waals surface area contributed by atoms with Gasteiger partial charge in [-0.25, -0.2) is 9.97 Å². The van der Waals surface area contributed by atoms with Crippen molar-refractivity contribution >= 4 is 11.8 Å². The summed E-state index contributed by atoms with van der Waals surface area (Å²) in [7, 11) is 0. The van der Waals surface area contributed by atoms with E-state index < -0.39 is 11.7 Å². The van der Waals surface area contributed by atoms with Gasteiger partial charge in [0.05, 0.1) is 17.3 Å². The first-order valence-corrected chi connectivity index (χ1v) is 15.0. The van der Waals surface area contributed by atoms with Crippen molar-refractivity contribution in [2.45, 2.75) is 57.3 Å². The molecule has 0 unspecified atom stereocenters. The van der Waals surface area contributed by atoms with E-state index in [1.807, 2.05) is 43.3 Å². The Labute approximate surface area is 250 Å². The van der Waals surface area contributed by atoms with Crippen LogP contribution in [0.15, 0.2) is 72.9 Å². The molecule has 4 aromatic rings. The number of nitrogens with one attached hydrogen (secondary N) is 1. The Morgan fingerprint density at radius 1 is 0.860 bits per heavy atom. The van der Waals surface area contributed by atoms with Gasteiger partial charge in [-0.05, 0) is 75.5 Å². The number of aromatic nitrogens is 4. The Hall–Kier alpha value is -4.05. The van der Waals surface area contributed by atoms with Crippen LogP contribution in [0, 0.1) is 0 Å². The Kier molecular flexibility index (Phi) is 8.56. The fourth-order valence-corrected chi connectivity index (χ4v) is 6.13. The molecule has 1 N–H and O–H groups in total. The van der Waals surface area contributed by atoms with Crippen molar-refractivity contribution in [3.8, 4) is 22.5 Å². The molecular weight excluding hydrogens is 551 g/mol. The maximum Gasteiger partial charge on any atom is 0.416 e. The third-order valence-corrected chi connectivity index (χ3v) is 8.52. The average Bonchev–Trinajstić information content (AvgIpc) is 3.05. The van der Waals surface area contributed by atoms with Gasteiger partial charge < -0.3 is 15.1 Å².